The number of rotatable bonds is 5. The first kappa shape index (κ1) is 26.2. The zero-order valence-corrected chi connectivity index (χ0v) is 31.6. The van der Waals surface area contributed by atoms with Gasteiger partial charge in [-0.15, -0.1) is 0 Å². The largest absolute Gasteiger partial charge is 0.455 e. The Balaban J connectivity index is 1.23. The number of hydrogen-bond acceptors (Lipinski definition) is 1. The Bertz CT molecular complexity index is 3990. The van der Waals surface area contributed by atoms with Crippen molar-refractivity contribution in [1.82, 2.24) is 0 Å². The number of fused-ring (bicyclic) bond motifs is 7. The van der Waals surface area contributed by atoms with Crippen LogP contribution in [0.3, 0.4) is 0 Å². The molecule has 0 fully saturated rings. The Kier molecular flexibility index (Phi) is 5.98. The molecule has 1 nitrogen and oxygen atoms in total. The van der Waals surface area contributed by atoms with Crippen molar-refractivity contribution < 1.29 is 15.4 Å². The van der Waals surface area contributed by atoms with Crippen molar-refractivity contribution in [3.05, 3.63) is 218 Å². The molecule has 12 rings (SSSR count). The zero-order valence-electron chi connectivity index (χ0n) is 39.6. The predicted molar refractivity (Wildman–Crippen MR) is 251 cm³/mol. The van der Waals surface area contributed by atoms with Crippen molar-refractivity contribution in [3.8, 4) is 55.8 Å². The average Bonchev–Trinajstić information content (AvgIpc) is 3.78. The van der Waals surface area contributed by atoms with E-state index in [1.165, 1.54) is 0 Å². The van der Waals surface area contributed by atoms with Gasteiger partial charge in [-0.2, -0.15) is 0 Å². The van der Waals surface area contributed by atoms with Gasteiger partial charge in [0.15, 0.2) is 0 Å². The predicted octanol–water partition coefficient (Wildman–Crippen LogP) is 16.5. The van der Waals surface area contributed by atoms with Gasteiger partial charge < -0.3 is 4.42 Å². The number of para-hydroxylation sites is 1. The molecule has 0 saturated heterocycles. The summed E-state index contributed by atoms with van der Waals surface area (Å²) in [4.78, 5) is 0. The second kappa shape index (κ2) is 13.4. The van der Waals surface area contributed by atoms with Gasteiger partial charge in [-0.25, -0.2) is 0 Å². The molecule has 11 aromatic carbocycles. The van der Waals surface area contributed by atoms with Gasteiger partial charge >= 0.3 is 0 Å². The first-order valence-electron chi connectivity index (χ1n) is 23.7. The Morgan fingerprint density at radius 1 is 0.305 bits per heavy atom. The molecule has 0 amide bonds. The standard InChI is InChI=1S/C58H36O/c1-3-17-38(18-4-1)54-52-30-15-31-53(58(52)59-57(54)39-19-5-2-6-20-39)56-50-24-11-9-22-48(50)55(49-23-10-12-25-51(49)56)47-29-14-28-44-43-27-13-26-42(45(43)34-35-46(44)47)41-33-32-37-16-7-8-21-40(37)36-41/h1-36H/i9D,10D,11D,12D,22D,23D,24D,25D. The highest BCUT2D eigenvalue weighted by Crippen LogP contribution is 2.50. The van der Waals surface area contributed by atoms with Crippen LogP contribution < -0.4 is 0 Å². The maximum atomic E-state index is 9.71. The highest BCUT2D eigenvalue weighted by Gasteiger charge is 2.24. The number of furan rings is 1. The van der Waals surface area contributed by atoms with E-state index < -0.39 is 24.2 Å². The van der Waals surface area contributed by atoms with E-state index in [1.54, 1.807) is 0 Å². The lowest BCUT2D eigenvalue weighted by molar-refractivity contribution is 0.633. The van der Waals surface area contributed by atoms with Crippen LogP contribution in [0.4, 0.5) is 0 Å². The molecule has 0 radical (unpaired) electrons. The molecular weight excluding hydrogens is 713 g/mol. The Morgan fingerprint density at radius 2 is 0.814 bits per heavy atom. The summed E-state index contributed by atoms with van der Waals surface area (Å²) in [5.74, 6) is 0.593. The third-order valence-electron chi connectivity index (χ3n) is 11.7. The van der Waals surface area contributed by atoms with Crippen LogP contribution in [0, 0.1) is 0 Å². The van der Waals surface area contributed by atoms with Gasteiger partial charge in [-0.05, 0) is 87.7 Å². The number of hydrogen-bond donors (Lipinski definition) is 0. The van der Waals surface area contributed by atoms with Crippen LogP contribution in [-0.4, -0.2) is 0 Å². The van der Waals surface area contributed by atoms with Crippen molar-refractivity contribution in [3.63, 3.8) is 0 Å². The molecule has 0 aliphatic heterocycles. The summed E-state index contributed by atoms with van der Waals surface area (Å²) >= 11 is 0. The molecule has 0 bridgehead atoms. The molecule has 12 aromatic rings. The van der Waals surface area contributed by atoms with Crippen molar-refractivity contribution in [2.45, 2.75) is 0 Å². The van der Waals surface area contributed by atoms with E-state index in [9.17, 15) is 5.48 Å². The fourth-order valence-corrected chi connectivity index (χ4v) is 9.12. The van der Waals surface area contributed by atoms with Crippen LogP contribution in [0.15, 0.2) is 223 Å². The van der Waals surface area contributed by atoms with Crippen molar-refractivity contribution >= 4 is 64.8 Å². The van der Waals surface area contributed by atoms with E-state index in [1.807, 2.05) is 121 Å². The highest BCUT2D eigenvalue weighted by atomic mass is 16.3. The molecule has 0 aliphatic rings. The smallest absolute Gasteiger partial charge is 0.143 e. The fourth-order valence-electron chi connectivity index (χ4n) is 9.12. The van der Waals surface area contributed by atoms with E-state index in [4.69, 9.17) is 9.90 Å². The van der Waals surface area contributed by atoms with Crippen molar-refractivity contribution in [2.24, 2.45) is 0 Å². The van der Waals surface area contributed by atoms with E-state index >= 15 is 0 Å². The summed E-state index contributed by atoms with van der Waals surface area (Å²) < 4.78 is 82.2. The SMILES string of the molecule is [2H]c1c([2H])c([2H])c2c(-c3cccc4c(-c5ccccc5)c(-c5ccccc5)oc34)c3c([2H])c([2H])c([2H])c([2H])c3c(-c3cccc4c3ccc3c(-c5ccc6ccccc6c5)cccc34)c2c1[2H]. The molecule has 1 aromatic heterocycles. The minimum Gasteiger partial charge on any atom is -0.455 e. The summed E-state index contributed by atoms with van der Waals surface area (Å²) in [5.41, 5.74) is 6.61. The van der Waals surface area contributed by atoms with Crippen LogP contribution in [0.1, 0.15) is 11.0 Å². The first-order chi connectivity index (χ1) is 32.6. The normalized spacial score (nSPS) is 13.6. The van der Waals surface area contributed by atoms with E-state index in [0.717, 1.165) is 65.5 Å². The average molecular weight is 757 g/mol. The van der Waals surface area contributed by atoms with Gasteiger partial charge in [0.1, 0.15) is 11.3 Å². The summed E-state index contributed by atoms with van der Waals surface area (Å²) in [6, 6.07) is 52.9. The molecule has 0 saturated carbocycles. The van der Waals surface area contributed by atoms with Crippen LogP contribution in [0.2, 0.25) is 0 Å². The Morgan fingerprint density at radius 3 is 1.46 bits per heavy atom. The summed E-state index contributed by atoms with van der Waals surface area (Å²) in [7, 11) is 0. The maximum Gasteiger partial charge on any atom is 0.143 e. The lowest BCUT2D eigenvalue weighted by Crippen LogP contribution is -1.92. The topological polar surface area (TPSA) is 13.1 Å². The fraction of sp³-hybridized carbons (Fsp3) is 0. The molecule has 0 atom stereocenters. The Hall–Kier alpha value is -7.74. The molecule has 0 unspecified atom stereocenters. The minimum atomic E-state index is -0.461. The Labute approximate surface area is 353 Å². The second-order valence-corrected chi connectivity index (χ2v) is 14.9. The van der Waals surface area contributed by atoms with Gasteiger partial charge in [-0.1, -0.05) is 212 Å². The van der Waals surface area contributed by atoms with E-state index in [2.05, 4.69) is 48.5 Å². The monoisotopic (exact) mass is 756 g/mol. The lowest BCUT2D eigenvalue weighted by atomic mass is 9.83. The maximum absolute atomic E-state index is 9.71. The molecule has 1 heteroatoms. The zero-order chi connectivity index (χ0) is 45.8. The van der Waals surface area contributed by atoms with Crippen LogP contribution in [0.25, 0.3) is 121 Å². The summed E-state index contributed by atoms with van der Waals surface area (Å²) in [6.45, 7) is 0. The van der Waals surface area contributed by atoms with Crippen LogP contribution in [0.5, 0.6) is 0 Å². The quantitative estimate of drug-likeness (QED) is 0.126. The lowest BCUT2D eigenvalue weighted by Gasteiger charge is -2.19. The molecule has 1 heterocycles. The third kappa shape index (κ3) is 5.25. The molecule has 0 N–H and O–H groups in total. The van der Waals surface area contributed by atoms with Crippen molar-refractivity contribution in [1.29, 1.82) is 0 Å². The number of benzene rings is 11. The van der Waals surface area contributed by atoms with Gasteiger partial charge in [0.05, 0.1) is 11.0 Å². The van der Waals surface area contributed by atoms with Crippen LogP contribution in [-0.2, 0) is 0 Å². The summed E-state index contributed by atoms with van der Waals surface area (Å²) in [5, 5.41) is 7.18. The minimum absolute atomic E-state index is 0.126. The molecule has 59 heavy (non-hydrogen) atoms. The first-order valence-corrected chi connectivity index (χ1v) is 19.7. The van der Waals surface area contributed by atoms with E-state index in [-0.39, 0.29) is 51.3 Å². The van der Waals surface area contributed by atoms with Crippen LogP contribution >= 0.6 is 0 Å². The highest BCUT2D eigenvalue weighted by molar-refractivity contribution is 6.27. The van der Waals surface area contributed by atoms with Gasteiger partial charge in [-0.3, -0.25) is 0 Å². The molecule has 274 valence electrons. The molecule has 0 aliphatic carbocycles. The van der Waals surface area contributed by atoms with Gasteiger partial charge in [0.25, 0.3) is 0 Å². The molecule has 0 spiro atoms. The summed E-state index contributed by atoms with van der Waals surface area (Å²) in [6.07, 6.45) is 0. The third-order valence-corrected chi connectivity index (χ3v) is 11.7. The second-order valence-electron chi connectivity index (χ2n) is 14.9. The van der Waals surface area contributed by atoms with Gasteiger partial charge in [0.2, 0.25) is 0 Å². The van der Waals surface area contributed by atoms with E-state index in [0.29, 0.717) is 28.0 Å². The van der Waals surface area contributed by atoms with Gasteiger partial charge in [0, 0.05) is 27.6 Å². The van der Waals surface area contributed by atoms with Crippen molar-refractivity contribution in [2.75, 3.05) is 0 Å². The molecular formula is C58H36O.